The number of carbonyl (C=O) groups is 3. The second kappa shape index (κ2) is 18.9. The molecule has 6 rings (SSSR count). The van der Waals surface area contributed by atoms with Crippen molar-refractivity contribution in [1.82, 2.24) is 16.0 Å². The molecule has 4 aliphatic rings. The molecule has 0 aromatic heterocycles. The minimum Gasteiger partial charge on any atom is -0.508 e. The number of aromatic carboxylic acids is 1. The smallest absolute Gasteiger partial charge is 0.336 e. The third-order valence-electron chi connectivity index (χ3n) is 9.99. The van der Waals surface area contributed by atoms with E-state index in [1.807, 2.05) is 0 Å². The molecule has 2 saturated heterocycles. The Morgan fingerprint density at radius 3 is 2.28 bits per heavy atom. The molecule has 322 valence electrons. The van der Waals surface area contributed by atoms with Crippen molar-refractivity contribution in [3.8, 4) is 28.2 Å². The highest BCUT2D eigenvalue weighted by Gasteiger charge is 2.53. The van der Waals surface area contributed by atoms with Crippen LogP contribution in [-0.4, -0.2) is 149 Å². The van der Waals surface area contributed by atoms with Gasteiger partial charge in [0.25, 0.3) is 5.91 Å². The van der Waals surface area contributed by atoms with Crippen LogP contribution in [0.1, 0.15) is 17.3 Å². The van der Waals surface area contributed by atoms with E-state index >= 15 is 0 Å². The lowest BCUT2D eigenvalue weighted by atomic mass is 9.90. The third kappa shape index (κ3) is 9.34. The number of methoxy groups -OCH3 is 2. The number of aliphatic hydroxyl groups excluding tert-OH is 4. The van der Waals surface area contributed by atoms with Crippen LogP contribution in [0.2, 0.25) is 0 Å². The summed E-state index contributed by atoms with van der Waals surface area (Å²) in [6.45, 7) is 0.536. The van der Waals surface area contributed by atoms with Crippen molar-refractivity contribution in [2.24, 2.45) is 0 Å². The van der Waals surface area contributed by atoms with Crippen molar-refractivity contribution in [3.63, 3.8) is 0 Å². The second-order valence-electron chi connectivity index (χ2n) is 13.9. The Bertz CT molecular complexity index is 2260. The Morgan fingerprint density at radius 2 is 1.60 bits per heavy atom. The van der Waals surface area contributed by atoms with E-state index in [4.69, 9.17) is 40.3 Å². The molecule has 60 heavy (non-hydrogen) atoms. The van der Waals surface area contributed by atoms with Crippen LogP contribution in [-0.2, 0) is 33.3 Å². The standard InChI is InChI=1S/C39H44N4O16S/c1-16(45)42-28-32(29(48)26(15-44)57-37(28)55-3)58-38-31(50)30(49)33(54-2)34(59-38)35(51)40-10-11-41-39(60)43-17-4-7-20(36(52)53)23(12-17)27-21-8-5-18(46)13-24(21)56-25-14-19(47)6-9-22(25)27/h4-9,12-14,26,28-34,37-38,44,46,48-50H,10-11,15H2,1-3H3,(H,40,51)(H,42,45)(H,52,53)(H2,41,43,60)/t26-,28-,29-,30?,31-,32-,33+,34+,37-,38-/m1/s1. The van der Waals surface area contributed by atoms with E-state index in [1.165, 1.54) is 63.6 Å². The lowest BCUT2D eigenvalue weighted by molar-refractivity contribution is -0.338. The Morgan fingerprint density at radius 1 is 0.850 bits per heavy atom. The van der Waals surface area contributed by atoms with Crippen molar-refractivity contribution in [1.29, 1.82) is 0 Å². The number of hydrogen-bond acceptors (Lipinski definition) is 16. The number of aliphatic hydroxyl groups is 4. The van der Waals surface area contributed by atoms with Crippen LogP contribution in [0.5, 0.6) is 5.75 Å². The molecule has 10 atom stereocenters. The largest absolute Gasteiger partial charge is 0.508 e. The highest BCUT2D eigenvalue weighted by molar-refractivity contribution is 7.80. The van der Waals surface area contributed by atoms with Gasteiger partial charge in [-0.2, -0.15) is 0 Å². The molecule has 1 aliphatic carbocycles. The first-order chi connectivity index (χ1) is 28.6. The van der Waals surface area contributed by atoms with Crippen LogP contribution in [0.15, 0.2) is 63.8 Å². The first kappa shape index (κ1) is 44.2. The van der Waals surface area contributed by atoms with Gasteiger partial charge < -0.3 is 80.0 Å². The van der Waals surface area contributed by atoms with Crippen LogP contribution in [0.25, 0.3) is 33.4 Å². The van der Waals surface area contributed by atoms with Gasteiger partial charge in [0.05, 0.1) is 12.2 Å². The maximum absolute atomic E-state index is 13.4. The fourth-order valence-corrected chi connectivity index (χ4v) is 7.42. The van der Waals surface area contributed by atoms with Crippen LogP contribution in [0, 0.1) is 0 Å². The van der Waals surface area contributed by atoms with Gasteiger partial charge in [-0.3, -0.25) is 14.4 Å². The monoisotopic (exact) mass is 856 g/mol. The highest BCUT2D eigenvalue weighted by atomic mass is 32.1. The maximum Gasteiger partial charge on any atom is 0.336 e. The number of hydrogen-bond donors (Lipinski definition) is 10. The molecule has 20 nitrogen and oxygen atoms in total. The van der Waals surface area contributed by atoms with Gasteiger partial charge >= 0.3 is 5.97 Å². The van der Waals surface area contributed by atoms with Gasteiger partial charge in [-0.1, -0.05) is 0 Å². The number of rotatable bonds is 13. The summed E-state index contributed by atoms with van der Waals surface area (Å²) in [6.07, 6.45) is -13.6. The Balaban J connectivity index is 1.13. The predicted molar refractivity (Wildman–Crippen MR) is 213 cm³/mol. The normalized spacial score (nSPS) is 26.6. The molecule has 2 amide bonds. The summed E-state index contributed by atoms with van der Waals surface area (Å²) >= 11 is 5.47. The lowest BCUT2D eigenvalue weighted by Crippen LogP contribution is -2.68. The van der Waals surface area contributed by atoms with Crippen LogP contribution < -0.4 is 26.7 Å². The third-order valence-corrected chi connectivity index (χ3v) is 10.2. The summed E-state index contributed by atoms with van der Waals surface area (Å²) in [5, 5.41) is 74.6. The fourth-order valence-electron chi connectivity index (χ4n) is 7.20. The molecule has 10 N–H and O–H groups in total. The molecule has 2 aromatic rings. The number of nitrogens with one attached hydrogen (secondary N) is 4. The van der Waals surface area contributed by atoms with Crippen LogP contribution >= 0.6 is 12.2 Å². The number of carbonyl (C=O) groups excluding carboxylic acids is 2. The number of fused-ring (bicyclic) bond motifs is 2. The summed E-state index contributed by atoms with van der Waals surface area (Å²) in [5.74, 6) is -2.47. The number of carboxylic acid groups (broad SMARTS) is 1. The summed E-state index contributed by atoms with van der Waals surface area (Å²) in [6, 6.07) is 11.8. The molecule has 3 heterocycles. The van der Waals surface area contributed by atoms with Crippen molar-refractivity contribution < 1.29 is 73.1 Å². The number of thiocarbonyl (C=S) groups is 1. The lowest BCUT2D eigenvalue weighted by Gasteiger charge is -2.47. The van der Waals surface area contributed by atoms with Crippen molar-refractivity contribution in [3.05, 3.63) is 70.4 Å². The van der Waals surface area contributed by atoms with E-state index in [0.717, 1.165) is 0 Å². The SMILES string of the molecule is CO[C@@H]1O[C@H](CO)[C@@H](O)[C@H](O[C@@H]2O[C@H](C(=O)NCCNC(=S)Nc3ccc(C(=O)O)c(-c4c5ccc(=O)cc-5oc5cc(O)ccc45)c3)[C@@H](OC)C(O)[C@H]2O)[C@H]1NC(C)=O. The summed E-state index contributed by atoms with van der Waals surface area (Å²) < 4.78 is 33.7. The van der Waals surface area contributed by atoms with E-state index in [0.29, 0.717) is 22.2 Å². The van der Waals surface area contributed by atoms with E-state index in [1.54, 1.807) is 12.1 Å². The predicted octanol–water partition coefficient (Wildman–Crippen LogP) is -0.553. The number of aromatic hydroxyl groups is 1. The van der Waals surface area contributed by atoms with Crippen molar-refractivity contribution >= 4 is 51.8 Å². The molecule has 0 bridgehead atoms. The van der Waals surface area contributed by atoms with Gasteiger partial charge in [0.1, 0.15) is 59.8 Å². The fraction of sp³-hybridized carbons (Fsp3) is 0.410. The summed E-state index contributed by atoms with van der Waals surface area (Å²) in [7, 11) is 2.46. The molecule has 0 radical (unpaired) electrons. The summed E-state index contributed by atoms with van der Waals surface area (Å²) in [4.78, 5) is 50.1. The molecule has 2 fully saturated rings. The van der Waals surface area contributed by atoms with Crippen LogP contribution in [0.4, 0.5) is 5.69 Å². The molecule has 3 aliphatic heterocycles. The maximum atomic E-state index is 13.4. The molecular weight excluding hydrogens is 813 g/mol. The molecule has 21 heteroatoms. The minimum absolute atomic E-state index is 0.0528. The van der Waals surface area contributed by atoms with E-state index < -0.39 is 85.7 Å². The molecule has 1 unspecified atom stereocenters. The number of ether oxygens (including phenoxy) is 5. The number of phenols is 1. The molecule has 0 spiro atoms. The Hall–Kier alpha value is -5.33. The number of phenolic OH excluding ortho intramolecular Hbond substituents is 1. The van der Waals surface area contributed by atoms with Gasteiger partial charge in [0.2, 0.25) is 5.91 Å². The number of benzene rings is 3. The van der Waals surface area contributed by atoms with E-state index in [2.05, 4.69) is 21.3 Å². The Labute approximate surface area is 346 Å². The molecular formula is C39H44N4O16S. The average Bonchev–Trinajstić information content (AvgIpc) is 3.21. The summed E-state index contributed by atoms with van der Waals surface area (Å²) in [5.41, 5.74) is 1.34. The zero-order valence-electron chi connectivity index (χ0n) is 32.3. The second-order valence-corrected chi connectivity index (χ2v) is 14.3. The quantitative estimate of drug-likeness (QED) is 0.0458. The Kier molecular flexibility index (Phi) is 14.0. The van der Waals surface area contributed by atoms with Gasteiger partial charge in [-0.05, 0) is 60.2 Å². The van der Waals surface area contributed by atoms with Gasteiger partial charge in [-0.15, -0.1) is 0 Å². The molecule has 2 aromatic carbocycles. The highest BCUT2D eigenvalue weighted by Crippen LogP contribution is 2.42. The molecule has 0 saturated carbocycles. The first-order valence-electron chi connectivity index (χ1n) is 18.5. The van der Waals surface area contributed by atoms with Crippen LogP contribution in [0.3, 0.4) is 0 Å². The number of anilines is 1. The minimum atomic E-state index is -1.80. The number of carboxylic acids is 1. The van der Waals surface area contributed by atoms with Gasteiger partial charge in [0, 0.05) is 68.6 Å². The van der Waals surface area contributed by atoms with Gasteiger partial charge in [-0.25, -0.2) is 4.79 Å². The zero-order chi connectivity index (χ0) is 43.4. The number of amides is 2. The topological polar surface area (TPSA) is 297 Å². The average molecular weight is 857 g/mol. The van der Waals surface area contributed by atoms with Gasteiger partial charge in [0.15, 0.2) is 29.2 Å². The van der Waals surface area contributed by atoms with Crippen molar-refractivity contribution in [2.75, 3.05) is 39.2 Å². The zero-order valence-corrected chi connectivity index (χ0v) is 33.1. The van der Waals surface area contributed by atoms with E-state index in [9.17, 15) is 49.8 Å². The van der Waals surface area contributed by atoms with Crippen molar-refractivity contribution in [2.45, 2.75) is 68.3 Å². The van der Waals surface area contributed by atoms with E-state index in [-0.39, 0.29) is 51.9 Å². The first-order valence-corrected chi connectivity index (χ1v) is 18.9.